The molecule has 0 bridgehead atoms. The molecule has 72 valence electrons. The van der Waals surface area contributed by atoms with Crippen LogP contribution in [0.3, 0.4) is 0 Å². The fraction of sp³-hybridized carbons (Fsp3) is 0.200. The molecule has 0 atom stereocenters. The van der Waals surface area contributed by atoms with Crippen molar-refractivity contribution in [3.8, 4) is 5.75 Å². The van der Waals surface area contributed by atoms with Crippen molar-refractivity contribution in [3.63, 3.8) is 0 Å². The Morgan fingerprint density at radius 2 is 2.29 bits per heavy atom. The summed E-state index contributed by atoms with van der Waals surface area (Å²) in [6.07, 6.45) is 2.45. The summed E-state index contributed by atoms with van der Waals surface area (Å²) in [5.74, 6) is 0.695. The second-order valence-corrected chi connectivity index (χ2v) is 3.03. The lowest BCUT2D eigenvalue weighted by Crippen LogP contribution is -1.95. The summed E-state index contributed by atoms with van der Waals surface area (Å²) in [6, 6.07) is 3.65. The average molecular weight is 190 g/mol. The number of aromatic nitrogens is 2. The number of hydrogen-bond donors (Lipinski definition) is 0. The second kappa shape index (κ2) is 3.14. The van der Waals surface area contributed by atoms with E-state index in [2.05, 4.69) is 4.98 Å². The first-order valence-corrected chi connectivity index (χ1v) is 4.21. The molecule has 2 rings (SSSR count). The summed E-state index contributed by atoms with van der Waals surface area (Å²) < 4.78 is 6.80. The predicted octanol–water partition coefficient (Wildman–Crippen LogP) is 1.39. The number of nitrogens with zero attached hydrogens (tertiary/aromatic N) is 2. The third-order valence-electron chi connectivity index (χ3n) is 2.23. The molecule has 2 aromatic rings. The Balaban J connectivity index is 2.72. The zero-order valence-corrected chi connectivity index (χ0v) is 8.02. The molecular formula is C10H10N2O2. The number of rotatable bonds is 2. The van der Waals surface area contributed by atoms with Crippen LogP contribution in [0.1, 0.15) is 10.5 Å². The lowest BCUT2D eigenvalue weighted by Gasteiger charge is -1.99. The Bertz CT molecular complexity index is 488. The van der Waals surface area contributed by atoms with Gasteiger partial charge in [-0.3, -0.25) is 4.79 Å². The van der Waals surface area contributed by atoms with Gasteiger partial charge in [-0.25, -0.2) is 4.98 Å². The maximum Gasteiger partial charge on any atom is 0.166 e. The van der Waals surface area contributed by atoms with E-state index in [0.29, 0.717) is 11.4 Å². The number of aryl methyl sites for hydroxylation is 1. The molecule has 0 aliphatic heterocycles. The summed E-state index contributed by atoms with van der Waals surface area (Å²) >= 11 is 0. The number of hydrogen-bond acceptors (Lipinski definition) is 3. The minimum Gasteiger partial charge on any atom is -0.495 e. The van der Waals surface area contributed by atoms with E-state index in [1.54, 1.807) is 23.9 Å². The summed E-state index contributed by atoms with van der Waals surface area (Å²) in [6.45, 7) is 0. The van der Waals surface area contributed by atoms with Gasteiger partial charge in [-0.05, 0) is 12.1 Å². The fourth-order valence-corrected chi connectivity index (χ4v) is 1.44. The van der Waals surface area contributed by atoms with Gasteiger partial charge >= 0.3 is 0 Å². The smallest absolute Gasteiger partial charge is 0.166 e. The first-order valence-electron chi connectivity index (χ1n) is 4.21. The zero-order chi connectivity index (χ0) is 10.1. The number of methoxy groups -OCH3 is 1. The van der Waals surface area contributed by atoms with Crippen LogP contribution in [0.5, 0.6) is 5.75 Å². The topological polar surface area (TPSA) is 44.1 Å². The largest absolute Gasteiger partial charge is 0.495 e. The molecule has 0 spiro atoms. The molecule has 4 nitrogen and oxygen atoms in total. The number of fused-ring (bicyclic) bond motifs is 1. The molecule has 0 saturated carbocycles. The van der Waals surface area contributed by atoms with E-state index in [9.17, 15) is 4.79 Å². The van der Waals surface area contributed by atoms with Crippen molar-refractivity contribution in [3.05, 3.63) is 24.0 Å². The Hall–Kier alpha value is -1.84. The number of ether oxygens (including phenoxy) is 1. The summed E-state index contributed by atoms with van der Waals surface area (Å²) in [4.78, 5) is 14.9. The molecule has 14 heavy (non-hydrogen) atoms. The normalized spacial score (nSPS) is 10.4. The molecule has 0 unspecified atom stereocenters. The van der Waals surface area contributed by atoms with Crippen LogP contribution in [-0.4, -0.2) is 22.9 Å². The monoisotopic (exact) mass is 190 g/mol. The van der Waals surface area contributed by atoms with Gasteiger partial charge in [-0.2, -0.15) is 0 Å². The molecule has 0 saturated heterocycles. The third-order valence-corrected chi connectivity index (χ3v) is 2.23. The van der Waals surface area contributed by atoms with Crippen LogP contribution in [0.15, 0.2) is 18.3 Å². The molecule has 0 aliphatic carbocycles. The van der Waals surface area contributed by atoms with Crippen LogP contribution in [0.25, 0.3) is 11.0 Å². The Labute approximate surface area is 81.1 Å². The van der Waals surface area contributed by atoms with E-state index >= 15 is 0 Å². The molecule has 0 aromatic carbocycles. The van der Waals surface area contributed by atoms with Crippen molar-refractivity contribution in [1.29, 1.82) is 0 Å². The van der Waals surface area contributed by atoms with E-state index in [0.717, 1.165) is 17.3 Å². The molecule has 0 amide bonds. The highest BCUT2D eigenvalue weighted by molar-refractivity contribution is 5.87. The van der Waals surface area contributed by atoms with Gasteiger partial charge in [-0.15, -0.1) is 0 Å². The standard InChI is InChI=1S/C10H10N2O2/c1-12-8(6-13)3-7-4-9(14-2)5-11-10(7)12/h3-6H,1-2H3. The number of carbonyl (C=O) groups excluding carboxylic acids is 1. The van der Waals surface area contributed by atoms with Crippen molar-refractivity contribution in [1.82, 2.24) is 9.55 Å². The highest BCUT2D eigenvalue weighted by Gasteiger charge is 2.06. The molecule has 0 radical (unpaired) electrons. The van der Waals surface area contributed by atoms with E-state index < -0.39 is 0 Å². The fourth-order valence-electron chi connectivity index (χ4n) is 1.44. The summed E-state index contributed by atoms with van der Waals surface area (Å²) in [7, 11) is 3.40. The van der Waals surface area contributed by atoms with Gasteiger partial charge in [0.2, 0.25) is 0 Å². The van der Waals surface area contributed by atoms with Crippen LogP contribution >= 0.6 is 0 Å². The van der Waals surface area contributed by atoms with Crippen LogP contribution in [0, 0.1) is 0 Å². The summed E-state index contributed by atoms with van der Waals surface area (Å²) in [5, 5.41) is 0.911. The molecule has 0 fully saturated rings. The van der Waals surface area contributed by atoms with E-state index in [1.807, 2.05) is 13.1 Å². The molecular weight excluding hydrogens is 180 g/mol. The van der Waals surface area contributed by atoms with Crippen LogP contribution in [-0.2, 0) is 7.05 Å². The average Bonchev–Trinajstić information content (AvgIpc) is 2.55. The lowest BCUT2D eigenvalue weighted by atomic mass is 10.3. The Morgan fingerprint density at radius 1 is 1.50 bits per heavy atom. The maximum absolute atomic E-state index is 10.7. The minimum absolute atomic E-state index is 0.612. The first kappa shape index (κ1) is 8.74. The minimum atomic E-state index is 0.612. The maximum atomic E-state index is 10.7. The van der Waals surface area contributed by atoms with Crippen LogP contribution in [0.4, 0.5) is 0 Å². The highest BCUT2D eigenvalue weighted by atomic mass is 16.5. The molecule has 0 aliphatic rings. The molecule has 2 heterocycles. The van der Waals surface area contributed by atoms with Gasteiger partial charge < -0.3 is 9.30 Å². The molecule has 4 heteroatoms. The van der Waals surface area contributed by atoms with Crippen LogP contribution < -0.4 is 4.74 Å². The molecule has 0 N–H and O–H groups in total. The van der Waals surface area contributed by atoms with Crippen molar-refractivity contribution in [2.45, 2.75) is 0 Å². The van der Waals surface area contributed by atoms with Crippen molar-refractivity contribution in [2.24, 2.45) is 7.05 Å². The van der Waals surface area contributed by atoms with Gasteiger partial charge in [-0.1, -0.05) is 0 Å². The van der Waals surface area contributed by atoms with Gasteiger partial charge in [0.15, 0.2) is 6.29 Å². The number of carbonyl (C=O) groups is 1. The van der Waals surface area contributed by atoms with E-state index in [1.165, 1.54) is 0 Å². The Kier molecular flexibility index (Phi) is 1.96. The predicted molar refractivity (Wildman–Crippen MR) is 52.7 cm³/mol. The molecule has 2 aromatic heterocycles. The third kappa shape index (κ3) is 1.16. The first-order chi connectivity index (χ1) is 6.76. The zero-order valence-electron chi connectivity index (χ0n) is 8.02. The van der Waals surface area contributed by atoms with E-state index in [-0.39, 0.29) is 0 Å². The van der Waals surface area contributed by atoms with Crippen LogP contribution in [0.2, 0.25) is 0 Å². The van der Waals surface area contributed by atoms with Crippen molar-refractivity contribution >= 4 is 17.3 Å². The highest BCUT2D eigenvalue weighted by Crippen LogP contribution is 2.20. The lowest BCUT2D eigenvalue weighted by molar-refractivity contribution is 0.111. The van der Waals surface area contributed by atoms with Gasteiger partial charge in [0.25, 0.3) is 0 Å². The summed E-state index contributed by atoms with van der Waals surface area (Å²) in [5.41, 5.74) is 1.40. The van der Waals surface area contributed by atoms with E-state index in [4.69, 9.17) is 4.74 Å². The number of pyridine rings is 1. The van der Waals surface area contributed by atoms with Gasteiger partial charge in [0, 0.05) is 12.4 Å². The SMILES string of the molecule is COc1cnc2c(c1)cc(C=O)n2C. The quantitative estimate of drug-likeness (QED) is 0.672. The van der Waals surface area contributed by atoms with Gasteiger partial charge in [0.05, 0.1) is 19.0 Å². The Morgan fingerprint density at radius 3 is 2.93 bits per heavy atom. The second-order valence-electron chi connectivity index (χ2n) is 3.03. The van der Waals surface area contributed by atoms with Crippen molar-refractivity contribution in [2.75, 3.05) is 7.11 Å². The van der Waals surface area contributed by atoms with Gasteiger partial charge in [0.1, 0.15) is 11.4 Å². The number of aldehydes is 1. The van der Waals surface area contributed by atoms with Crippen molar-refractivity contribution < 1.29 is 9.53 Å².